The normalized spacial score (nSPS) is 10.5. The highest BCUT2D eigenvalue weighted by Gasteiger charge is 2.04. The number of aryl methyl sites for hydroxylation is 2. The Morgan fingerprint density at radius 2 is 1.88 bits per heavy atom. The lowest BCUT2D eigenvalue weighted by atomic mass is 10.0. The van der Waals surface area contributed by atoms with Crippen molar-refractivity contribution in [2.24, 2.45) is 5.73 Å². The molecule has 0 bridgehead atoms. The number of nitrogens with two attached hydrogens (primary N) is 1. The van der Waals surface area contributed by atoms with E-state index in [1.54, 1.807) is 0 Å². The van der Waals surface area contributed by atoms with Crippen LogP contribution in [0.4, 0.5) is 5.69 Å². The Morgan fingerprint density at radius 1 is 1.19 bits per heavy atom. The molecule has 0 unspecified atom stereocenters. The Balaban J connectivity index is 2.81. The van der Waals surface area contributed by atoms with Crippen molar-refractivity contribution < 1.29 is 0 Å². The topological polar surface area (TPSA) is 29.3 Å². The highest BCUT2D eigenvalue weighted by Crippen LogP contribution is 2.19. The van der Waals surface area contributed by atoms with Gasteiger partial charge < -0.3 is 10.6 Å². The van der Waals surface area contributed by atoms with Gasteiger partial charge in [-0.05, 0) is 63.4 Å². The molecule has 90 valence electrons. The summed E-state index contributed by atoms with van der Waals surface area (Å²) in [6.07, 6.45) is 2.17. The molecule has 0 heterocycles. The molecule has 0 saturated heterocycles. The van der Waals surface area contributed by atoms with Gasteiger partial charge in [0.2, 0.25) is 0 Å². The van der Waals surface area contributed by atoms with Crippen molar-refractivity contribution in [3.8, 4) is 0 Å². The number of hydrogen-bond donors (Lipinski definition) is 1. The lowest BCUT2D eigenvalue weighted by Gasteiger charge is -2.22. The van der Waals surface area contributed by atoms with Gasteiger partial charge in [-0.2, -0.15) is 0 Å². The molecule has 0 aliphatic heterocycles. The van der Waals surface area contributed by atoms with E-state index >= 15 is 0 Å². The smallest absolute Gasteiger partial charge is 0.0368 e. The Labute approximate surface area is 99.5 Å². The second-order valence-electron chi connectivity index (χ2n) is 4.18. The van der Waals surface area contributed by atoms with Crippen LogP contribution < -0.4 is 10.6 Å². The van der Waals surface area contributed by atoms with Crippen LogP contribution in [0.3, 0.4) is 0 Å². The molecule has 0 atom stereocenters. The van der Waals surface area contributed by atoms with Crippen LogP contribution in [-0.4, -0.2) is 19.6 Å². The fraction of sp³-hybridized carbons (Fsp3) is 0.571. The SMILES string of the molecule is CCN(CC)c1ccc(CCCN)c(C)c1. The van der Waals surface area contributed by atoms with E-state index in [0.717, 1.165) is 32.5 Å². The van der Waals surface area contributed by atoms with Crippen molar-refractivity contribution >= 4 is 5.69 Å². The van der Waals surface area contributed by atoms with Gasteiger partial charge in [-0.15, -0.1) is 0 Å². The molecule has 1 rings (SSSR count). The second-order valence-corrected chi connectivity index (χ2v) is 4.18. The van der Waals surface area contributed by atoms with Crippen LogP contribution in [-0.2, 0) is 6.42 Å². The first kappa shape index (κ1) is 13.0. The summed E-state index contributed by atoms with van der Waals surface area (Å²) in [4.78, 5) is 2.37. The molecule has 0 aliphatic carbocycles. The van der Waals surface area contributed by atoms with Crippen molar-refractivity contribution in [3.63, 3.8) is 0 Å². The molecule has 1 aromatic rings. The van der Waals surface area contributed by atoms with Gasteiger partial charge in [0.25, 0.3) is 0 Å². The van der Waals surface area contributed by atoms with Crippen molar-refractivity contribution in [2.75, 3.05) is 24.5 Å². The number of rotatable bonds is 6. The molecule has 0 saturated carbocycles. The van der Waals surface area contributed by atoms with E-state index in [1.807, 2.05) is 0 Å². The summed E-state index contributed by atoms with van der Waals surface area (Å²) in [5.74, 6) is 0. The van der Waals surface area contributed by atoms with E-state index in [1.165, 1.54) is 16.8 Å². The van der Waals surface area contributed by atoms with Crippen LogP contribution in [0.25, 0.3) is 0 Å². The zero-order valence-electron chi connectivity index (χ0n) is 10.8. The highest BCUT2D eigenvalue weighted by molar-refractivity contribution is 5.50. The summed E-state index contributed by atoms with van der Waals surface area (Å²) < 4.78 is 0. The Kier molecular flexibility index (Phi) is 5.33. The number of hydrogen-bond acceptors (Lipinski definition) is 2. The molecule has 0 aromatic heterocycles. The van der Waals surface area contributed by atoms with E-state index in [9.17, 15) is 0 Å². The summed E-state index contributed by atoms with van der Waals surface area (Å²) >= 11 is 0. The molecule has 0 aliphatic rings. The first-order chi connectivity index (χ1) is 7.72. The van der Waals surface area contributed by atoms with E-state index in [2.05, 4.69) is 43.9 Å². The molecular weight excluding hydrogens is 196 g/mol. The van der Waals surface area contributed by atoms with Crippen LogP contribution >= 0.6 is 0 Å². The van der Waals surface area contributed by atoms with Gasteiger partial charge in [0, 0.05) is 18.8 Å². The molecule has 0 fully saturated rings. The minimum atomic E-state index is 0.775. The quantitative estimate of drug-likeness (QED) is 0.798. The maximum Gasteiger partial charge on any atom is 0.0368 e. The van der Waals surface area contributed by atoms with E-state index < -0.39 is 0 Å². The van der Waals surface area contributed by atoms with Crippen molar-refractivity contribution in [2.45, 2.75) is 33.6 Å². The molecule has 2 N–H and O–H groups in total. The zero-order valence-corrected chi connectivity index (χ0v) is 10.8. The van der Waals surface area contributed by atoms with Crippen molar-refractivity contribution in [1.82, 2.24) is 0 Å². The fourth-order valence-electron chi connectivity index (χ4n) is 2.04. The summed E-state index contributed by atoms with van der Waals surface area (Å²) in [5, 5.41) is 0. The van der Waals surface area contributed by atoms with Crippen LogP contribution in [0, 0.1) is 6.92 Å². The summed E-state index contributed by atoms with van der Waals surface area (Å²) in [7, 11) is 0. The van der Waals surface area contributed by atoms with Crippen molar-refractivity contribution in [3.05, 3.63) is 29.3 Å². The summed E-state index contributed by atoms with van der Waals surface area (Å²) in [6.45, 7) is 9.49. The maximum atomic E-state index is 5.54. The summed E-state index contributed by atoms with van der Waals surface area (Å²) in [6, 6.07) is 6.77. The summed E-state index contributed by atoms with van der Waals surface area (Å²) in [5.41, 5.74) is 9.69. The third-order valence-corrected chi connectivity index (χ3v) is 3.11. The minimum absolute atomic E-state index is 0.775. The molecule has 0 amide bonds. The molecular formula is C14H24N2. The number of benzene rings is 1. The van der Waals surface area contributed by atoms with Gasteiger partial charge in [-0.3, -0.25) is 0 Å². The third kappa shape index (κ3) is 3.24. The molecule has 0 radical (unpaired) electrons. The predicted molar refractivity (Wildman–Crippen MR) is 72.1 cm³/mol. The highest BCUT2D eigenvalue weighted by atomic mass is 15.1. The lowest BCUT2D eigenvalue weighted by molar-refractivity contribution is 0.825. The largest absolute Gasteiger partial charge is 0.372 e. The molecule has 2 heteroatoms. The van der Waals surface area contributed by atoms with Gasteiger partial charge in [0.1, 0.15) is 0 Å². The van der Waals surface area contributed by atoms with Crippen LogP contribution in [0.5, 0.6) is 0 Å². The Bertz CT molecular complexity index is 317. The third-order valence-electron chi connectivity index (χ3n) is 3.11. The minimum Gasteiger partial charge on any atom is -0.372 e. The Hall–Kier alpha value is -1.02. The average Bonchev–Trinajstić information content (AvgIpc) is 2.29. The molecule has 1 aromatic carbocycles. The van der Waals surface area contributed by atoms with E-state index in [4.69, 9.17) is 5.73 Å². The van der Waals surface area contributed by atoms with Crippen LogP contribution in [0.2, 0.25) is 0 Å². The van der Waals surface area contributed by atoms with Crippen LogP contribution in [0.15, 0.2) is 18.2 Å². The Morgan fingerprint density at radius 3 is 2.38 bits per heavy atom. The van der Waals surface area contributed by atoms with Gasteiger partial charge in [-0.1, -0.05) is 6.07 Å². The maximum absolute atomic E-state index is 5.54. The van der Waals surface area contributed by atoms with Gasteiger partial charge in [-0.25, -0.2) is 0 Å². The monoisotopic (exact) mass is 220 g/mol. The number of nitrogens with zero attached hydrogens (tertiary/aromatic N) is 1. The van der Waals surface area contributed by atoms with Gasteiger partial charge >= 0.3 is 0 Å². The number of anilines is 1. The molecule has 16 heavy (non-hydrogen) atoms. The van der Waals surface area contributed by atoms with Crippen molar-refractivity contribution in [1.29, 1.82) is 0 Å². The lowest BCUT2D eigenvalue weighted by Crippen LogP contribution is -2.21. The zero-order chi connectivity index (χ0) is 12.0. The molecule has 0 spiro atoms. The predicted octanol–water partition coefficient (Wildman–Crippen LogP) is 2.73. The first-order valence-electron chi connectivity index (χ1n) is 6.27. The fourth-order valence-corrected chi connectivity index (χ4v) is 2.04. The molecule has 2 nitrogen and oxygen atoms in total. The van der Waals surface area contributed by atoms with Gasteiger partial charge in [0.05, 0.1) is 0 Å². The first-order valence-corrected chi connectivity index (χ1v) is 6.27. The average molecular weight is 220 g/mol. The van der Waals surface area contributed by atoms with E-state index in [-0.39, 0.29) is 0 Å². The van der Waals surface area contributed by atoms with E-state index in [0.29, 0.717) is 0 Å². The van der Waals surface area contributed by atoms with Crippen LogP contribution in [0.1, 0.15) is 31.4 Å². The standard InChI is InChI=1S/C14H24N2/c1-4-16(5-2)14-9-8-13(7-6-10-15)12(3)11-14/h8-9,11H,4-7,10,15H2,1-3H3. The second kappa shape index (κ2) is 6.54. The van der Waals surface area contributed by atoms with Gasteiger partial charge in [0.15, 0.2) is 0 Å².